The van der Waals surface area contributed by atoms with Crippen molar-refractivity contribution in [1.29, 1.82) is 0 Å². The van der Waals surface area contributed by atoms with Crippen LogP contribution < -0.4 is 0 Å². The van der Waals surface area contributed by atoms with E-state index in [2.05, 4.69) is 93.7 Å². The summed E-state index contributed by atoms with van der Waals surface area (Å²) < 4.78 is 16.8. The van der Waals surface area contributed by atoms with E-state index in [0.717, 1.165) is 96.3 Å². The first-order valence-electron chi connectivity index (χ1n) is 28.0. The van der Waals surface area contributed by atoms with Gasteiger partial charge in [0.1, 0.15) is 13.2 Å². The largest absolute Gasteiger partial charge is 0.462 e. The molecule has 6 heteroatoms. The molecule has 0 N–H and O–H groups in total. The Morgan fingerprint density at radius 2 is 0.574 bits per heavy atom. The SMILES string of the molecule is CC/C=C/C=C/C=C/C=C/CCCCCC(=O)OCC(COC(=O)CCCCCCCCCCCC/C=C/C=C/CCCCC)OC(=O)CCCCCCC/C=C/C=C/C=C/CCCCCCC. The molecule has 386 valence electrons. The van der Waals surface area contributed by atoms with Gasteiger partial charge in [-0.2, -0.15) is 0 Å². The molecule has 0 aromatic rings. The third-order valence-electron chi connectivity index (χ3n) is 11.7. The number of allylic oxidation sites excluding steroid dienone is 18. The Morgan fingerprint density at radius 3 is 0.956 bits per heavy atom. The zero-order valence-corrected chi connectivity index (χ0v) is 44.1. The van der Waals surface area contributed by atoms with Gasteiger partial charge in [0, 0.05) is 19.3 Å². The summed E-state index contributed by atoms with van der Waals surface area (Å²) in [4.78, 5) is 38.1. The Bertz CT molecular complexity index is 1410. The summed E-state index contributed by atoms with van der Waals surface area (Å²) in [5, 5.41) is 0. The number of hydrogen-bond donors (Lipinski definition) is 0. The van der Waals surface area contributed by atoms with Crippen LogP contribution in [0.15, 0.2) is 109 Å². The van der Waals surface area contributed by atoms with E-state index in [4.69, 9.17) is 14.2 Å². The molecule has 0 saturated carbocycles. The van der Waals surface area contributed by atoms with Gasteiger partial charge in [-0.05, 0) is 89.9 Å². The highest BCUT2D eigenvalue weighted by Gasteiger charge is 2.19. The maximum Gasteiger partial charge on any atom is 0.306 e. The van der Waals surface area contributed by atoms with Crippen LogP contribution in [0.25, 0.3) is 0 Å². The molecule has 68 heavy (non-hydrogen) atoms. The van der Waals surface area contributed by atoms with Gasteiger partial charge in [0.2, 0.25) is 0 Å². The monoisotopic (exact) mass is 943 g/mol. The van der Waals surface area contributed by atoms with E-state index >= 15 is 0 Å². The normalized spacial score (nSPS) is 12.9. The molecule has 0 aromatic carbocycles. The topological polar surface area (TPSA) is 78.9 Å². The summed E-state index contributed by atoms with van der Waals surface area (Å²) in [6, 6.07) is 0. The molecule has 0 aliphatic carbocycles. The van der Waals surface area contributed by atoms with Crippen LogP contribution in [0.4, 0.5) is 0 Å². The average Bonchev–Trinajstić information content (AvgIpc) is 3.34. The molecule has 0 heterocycles. The van der Waals surface area contributed by atoms with Crippen molar-refractivity contribution in [3.05, 3.63) is 109 Å². The molecule has 0 radical (unpaired) electrons. The van der Waals surface area contributed by atoms with Gasteiger partial charge in [0.05, 0.1) is 0 Å². The maximum absolute atomic E-state index is 12.8. The van der Waals surface area contributed by atoms with Crippen molar-refractivity contribution < 1.29 is 28.6 Å². The van der Waals surface area contributed by atoms with Crippen molar-refractivity contribution >= 4 is 17.9 Å². The van der Waals surface area contributed by atoms with E-state index in [0.29, 0.717) is 19.3 Å². The van der Waals surface area contributed by atoms with Crippen molar-refractivity contribution in [2.24, 2.45) is 0 Å². The molecule has 1 unspecified atom stereocenters. The van der Waals surface area contributed by atoms with Crippen molar-refractivity contribution in [2.45, 2.75) is 252 Å². The molecule has 0 fully saturated rings. The van der Waals surface area contributed by atoms with Crippen molar-refractivity contribution in [3.63, 3.8) is 0 Å². The Labute approximate surface area is 419 Å². The molecule has 0 aliphatic rings. The maximum atomic E-state index is 12.8. The first kappa shape index (κ1) is 64.1. The molecule has 0 rings (SSSR count). The lowest BCUT2D eigenvalue weighted by molar-refractivity contribution is -0.167. The lowest BCUT2D eigenvalue weighted by Crippen LogP contribution is -2.30. The van der Waals surface area contributed by atoms with E-state index in [1.54, 1.807) is 0 Å². The standard InChI is InChI=1S/C62H102O6/c1-4-7-10-13-16-19-22-25-27-29-31-33-34-37-40-43-46-49-52-55-61(64)67-58-59(57-66-60(63)54-51-48-45-42-39-36-24-21-18-15-12-9-6-3)68-62(65)56-53-50-47-44-41-38-35-32-30-28-26-23-20-17-14-11-8-5-2/h9,12,15-16,18-19,21-26,28,30,32,35-36,39,59H,4-8,10-11,13-14,17,20,27,29,31,33-34,37-38,40-58H2,1-3H3/b12-9+,18-15+,19-16+,24-21+,25-22+,26-23+,30-28+,35-32+,39-36+. The molecule has 1 atom stereocenters. The number of unbranched alkanes of at least 4 members (excludes halogenated alkanes) is 26. The highest BCUT2D eigenvalue weighted by molar-refractivity contribution is 5.71. The smallest absolute Gasteiger partial charge is 0.306 e. The van der Waals surface area contributed by atoms with Crippen LogP contribution in [-0.2, 0) is 28.6 Å². The first-order chi connectivity index (χ1) is 33.5. The lowest BCUT2D eigenvalue weighted by atomic mass is 10.1. The van der Waals surface area contributed by atoms with Gasteiger partial charge >= 0.3 is 17.9 Å². The van der Waals surface area contributed by atoms with Gasteiger partial charge in [0.15, 0.2) is 6.10 Å². The zero-order chi connectivity index (χ0) is 49.3. The van der Waals surface area contributed by atoms with Crippen molar-refractivity contribution in [1.82, 2.24) is 0 Å². The Hall–Kier alpha value is -3.93. The van der Waals surface area contributed by atoms with E-state index in [1.165, 1.54) is 109 Å². The third-order valence-corrected chi connectivity index (χ3v) is 11.7. The van der Waals surface area contributed by atoms with Crippen LogP contribution in [0.2, 0.25) is 0 Å². The van der Waals surface area contributed by atoms with Gasteiger partial charge in [-0.1, -0.05) is 246 Å². The summed E-state index contributed by atoms with van der Waals surface area (Å²) >= 11 is 0. The number of rotatable bonds is 49. The fraction of sp³-hybridized carbons (Fsp3) is 0.661. The van der Waals surface area contributed by atoms with Crippen molar-refractivity contribution in [2.75, 3.05) is 13.2 Å². The quantitative estimate of drug-likeness (QED) is 0.0262. The second-order valence-corrected chi connectivity index (χ2v) is 18.3. The summed E-state index contributed by atoms with van der Waals surface area (Å²) in [6.45, 7) is 6.40. The molecular formula is C62H102O6. The Kier molecular flexibility index (Phi) is 52.4. The number of hydrogen-bond acceptors (Lipinski definition) is 6. The predicted octanol–water partition coefficient (Wildman–Crippen LogP) is 18.7. The molecule has 0 bridgehead atoms. The zero-order valence-electron chi connectivity index (χ0n) is 44.1. The molecule has 0 saturated heterocycles. The highest BCUT2D eigenvalue weighted by Crippen LogP contribution is 2.14. The van der Waals surface area contributed by atoms with Crippen LogP contribution in [0.5, 0.6) is 0 Å². The fourth-order valence-electron chi connectivity index (χ4n) is 7.44. The summed E-state index contributed by atoms with van der Waals surface area (Å²) in [7, 11) is 0. The molecule has 0 aromatic heterocycles. The van der Waals surface area contributed by atoms with E-state index in [1.807, 2.05) is 36.5 Å². The van der Waals surface area contributed by atoms with Crippen molar-refractivity contribution in [3.8, 4) is 0 Å². The second-order valence-electron chi connectivity index (χ2n) is 18.3. The predicted molar refractivity (Wildman–Crippen MR) is 293 cm³/mol. The minimum Gasteiger partial charge on any atom is -0.462 e. The number of carbonyl (C=O) groups excluding carboxylic acids is 3. The third kappa shape index (κ3) is 53.0. The Morgan fingerprint density at radius 1 is 0.309 bits per heavy atom. The number of carbonyl (C=O) groups is 3. The highest BCUT2D eigenvalue weighted by atomic mass is 16.6. The van der Waals surface area contributed by atoms with Gasteiger partial charge < -0.3 is 14.2 Å². The molecule has 0 spiro atoms. The van der Waals surface area contributed by atoms with Crippen LogP contribution in [0, 0.1) is 0 Å². The van der Waals surface area contributed by atoms with Gasteiger partial charge in [-0.25, -0.2) is 0 Å². The first-order valence-corrected chi connectivity index (χ1v) is 28.0. The number of esters is 3. The van der Waals surface area contributed by atoms with Gasteiger partial charge in [0.25, 0.3) is 0 Å². The molecular weight excluding hydrogens is 841 g/mol. The van der Waals surface area contributed by atoms with Gasteiger partial charge in [-0.15, -0.1) is 0 Å². The van der Waals surface area contributed by atoms with Crippen LogP contribution in [0.1, 0.15) is 245 Å². The minimum atomic E-state index is -0.809. The second kappa shape index (κ2) is 55.7. The van der Waals surface area contributed by atoms with Crippen LogP contribution in [0.3, 0.4) is 0 Å². The van der Waals surface area contributed by atoms with Gasteiger partial charge in [-0.3, -0.25) is 14.4 Å². The van der Waals surface area contributed by atoms with E-state index in [-0.39, 0.29) is 31.1 Å². The summed E-state index contributed by atoms with van der Waals surface area (Å²) in [5.74, 6) is -0.967. The van der Waals surface area contributed by atoms with Crippen LogP contribution in [-0.4, -0.2) is 37.2 Å². The summed E-state index contributed by atoms with van der Waals surface area (Å²) in [6.07, 6.45) is 75.0. The molecule has 6 nitrogen and oxygen atoms in total. The van der Waals surface area contributed by atoms with E-state index < -0.39 is 6.10 Å². The van der Waals surface area contributed by atoms with Crippen LogP contribution >= 0.6 is 0 Å². The minimum absolute atomic E-state index is 0.103. The summed E-state index contributed by atoms with van der Waals surface area (Å²) in [5.41, 5.74) is 0. The molecule has 0 amide bonds. The number of ether oxygens (including phenoxy) is 3. The molecule has 0 aliphatic heterocycles. The average molecular weight is 943 g/mol. The lowest BCUT2D eigenvalue weighted by Gasteiger charge is -2.18. The fourth-order valence-corrected chi connectivity index (χ4v) is 7.44. The van der Waals surface area contributed by atoms with E-state index in [9.17, 15) is 14.4 Å². The Balaban J connectivity index is 4.47.